The SMILES string of the molecule is CCNC(=NCc1cccc(CN(C)CC)c1)NC1CCN(C2CCCC2)C1. The number of aliphatic imine (C=N–C) groups is 1. The molecule has 1 heterocycles. The molecule has 0 aromatic heterocycles. The summed E-state index contributed by atoms with van der Waals surface area (Å²) in [6, 6.07) is 10.2. The molecule has 1 saturated heterocycles. The first kappa shape index (κ1) is 21.1. The summed E-state index contributed by atoms with van der Waals surface area (Å²) in [6.07, 6.45) is 6.83. The van der Waals surface area contributed by atoms with E-state index in [0.717, 1.165) is 44.7 Å². The lowest BCUT2D eigenvalue weighted by Gasteiger charge is -2.24. The third-order valence-corrected chi connectivity index (χ3v) is 6.15. The number of hydrogen-bond acceptors (Lipinski definition) is 3. The van der Waals surface area contributed by atoms with Crippen molar-refractivity contribution in [1.29, 1.82) is 0 Å². The summed E-state index contributed by atoms with van der Waals surface area (Å²) in [4.78, 5) is 9.89. The Morgan fingerprint density at radius 1 is 1.18 bits per heavy atom. The third-order valence-electron chi connectivity index (χ3n) is 6.15. The maximum atomic E-state index is 4.87. The van der Waals surface area contributed by atoms with Gasteiger partial charge in [0.2, 0.25) is 0 Å². The summed E-state index contributed by atoms with van der Waals surface area (Å²) in [6.45, 7) is 10.4. The zero-order valence-electron chi connectivity index (χ0n) is 18.1. The molecule has 28 heavy (non-hydrogen) atoms. The van der Waals surface area contributed by atoms with Crippen molar-refractivity contribution >= 4 is 5.96 Å². The zero-order valence-corrected chi connectivity index (χ0v) is 18.1. The van der Waals surface area contributed by atoms with Gasteiger partial charge >= 0.3 is 0 Å². The van der Waals surface area contributed by atoms with Gasteiger partial charge in [0.15, 0.2) is 5.96 Å². The molecule has 1 aliphatic heterocycles. The van der Waals surface area contributed by atoms with Crippen LogP contribution in [0.2, 0.25) is 0 Å². The molecule has 0 amide bonds. The molecule has 1 aromatic rings. The molecule has 0 spiro atoms. The Hall–Kier alpha value is -1.59. The van der Waals surface area contributed by atoms with E-state index in [-0.39, 0.29) is 0 Å². The largest absolute Gasteiger partial charge is 0.357 e. The highest BCUT2D eigenvalue weighted by atomic mass is 15.3. The molecule has 3 rings (SSSR count). The van der Waals surface area contributed by atoms with E-state index in [0.29, 0.717) is 6.04 Å². The van der Waals surface area contributed by atoms with Gasteiger partial charge in [-0.25, -0.2) is 4.99 Å². The maximum absolute atomic E-state index is 4.87. The van der Waals surface area contributed by atoms with Crippen LogP contribution in [-0.4, -0.2) is 61.1 Å². The van der Waals surface area contributed by atoms with Crippen molar-refractivity contribution in [2.24, 2.45) is 4.99 Å². The normalized spacial score (nSPS) is 21.6. The molecule has 1 atom stereocenters. The number of nitrogens with zero attached hydrogens (tertiary/aromatic N) is 3. The first-order chi connectivity index (χ1) is 13.7. The van der Waals surface area contributed by atoms with Gasteiger partial charge in [0.05, 0.1) is 6.54 Å². The number of rotatable bonds is 8. The molecule has 1 aromatic carbocycles. The number of hydrogen-bond donors (Lipinski definition) is 2. The van der Waals surface area contributed by atoms with Crippen molar-refractivity contribution in [2.45, 2.75) is 71.1 Å². The molecular weight excluding hydrogens is 346 g/mol. The molecule has 156 valence electrons. The van der Waals surface area contributed by atoms with E-state index in [1.54, 1.807) is 0 Å². The lowest BCUT2D eigenvalue weighted by Crippen LogP contribution is -2.45. The predicted molar refractivity (Wildman–Crippen MR) is 119 cm³/mol. The minimum atomic E-state index is 0.517. The second kappa shape index (κ2) is 10.8. The van der Waals surface area contributed by atoms with Gasteiger partial charge in [0.25, 0.3) is 0 Å². The molecule has 0 bridgehead atoms. The van der Waals surface area contributed by atoms with Crippen LogP contribution in [0.25, 0.3) is 0 Å². The van der Waals surface area contributed by atoms with Gasteiger partial charge in [0, 0.05) is 38.3 Å². The number of likely N-dealkylation sites (tertiary alicyclic amines) is 1. The van der Waals surface area contributed by atoms with Gasteiger partial charge < -0.3 is 15.5 Å². The van der Waals surface area contributed by atoms with Gasteiger partial charge in [-0.05, 0) is 50.9 Å². The van der Waals surface area contributed by atoms with Crippen LogP contribution in [0, 0.1) is 0 Å². The standard InChI is InChI=1S/C23H39N5/c1-4-24-23(26-21-13-14-28(18-21)22-11-6-7-12-22)25-16-19-9-8-10-20(15-19)17-27(3)5-2/h8-10,15,21-22H,4-7,11-14,16-18H2,1-3H3,(H2,24,25,26). The number of guanidine groups is 1. The molecule has 2 aliphatic rings. The highest BCUT2D eigenvalue weighted by Crippen LogP contribution is 2.26. The highest BCUT2D eigenvalue weighted by molar-refractivity contribution is 5.80. The Balaban J connectivity index is 1.55. The Bertz CT molecular complexity index is 623. The second-order valence-electron chi connectivity index (χ2n) is 8.41. The van der Waals surface area contributed by atoms with E-state index < -0.39 is 0 Å². The average molecular weight is 386 g/mol. The van der Waals surface area contributed by atoms with Crippen molar-refractivity contribution in [3.8, 4) is 0 Å². The fraction of sp³-hybridized carbons (Fsp3) is 0.696. The minimum absolute atomic E-state index is 0.517. The summed E-state index contributed by atoms with van der Waals surface area (Å²) in [5.41, 5.74) is 2.64. The van der Waals surface area contributed by atoms with Gasteiger partial charge in [-0.2, -0.15) is 0 Å². The zero-order chi connectivity index (χ0) is 19.8. The van der Waals surface area contributed by atoms with Crippen molar-refractivity contribution in [2.75, 3.05) is 33.2 Å². The van der Waals surface area contributed by atoms with E-state index in [2.05, 4.69) is 65.6 Å². The van der Waals surface area contributed by atoms with Gasteiger partial charge in [-0.15, -0.1) is 0 Å². The van der Waals surface area contributed by atoms with Gasteiger partial charge in [-0.1, -0.05) is 44.0 Å². The van der Waals surface area contributed by atoms with E-state index in [1.807, 2.05) is 0 Å². The fourth-order valence-electron chi connectivity index (χ4n) is 4.44. The monoisotopic (exact) mass is 385 g/mol. The number of nitrogens with one attached hydrogen (secondary N) is 2. The number of benzene rings is 1. The Morgan fingerprint density at radius 3 is 2.71 bits per heavy atom. The topological polar surface area (TPSA) is 42.9 Å². The lowest BCUT2D eigenvalue weighted by atomic mass is 10.1. The van der Waals surface area contributed by atoms with E-state index in [9.17, 15) is 0 Å². The quantitative estimate of drug-likeness (QED) is 0.533. The third kappa shape index (κ3) is 6.21. The maximum Gasteiger partial charge on any atom is 0.191 e. The molecule has 0 radical (unpaired) electrons. The average Bonchev–Trinajstić information content (AvgIpc) is 3.38. The van der Waals surface area contributed by atoms with Crippen molar-refractivity contribution in [3.05, 3.63) is 35.4 Å². The van der Waals surface area contributed by atoms with E-state index in [1.165, 1.54) is 49.8 Å². The van der Waals surface area contributed by atoms with Crippen molar-refractivity contribution < 1.29 is 0 Å². The van der Waals surface area contributed by atoms with Crippen LogP contribution in [-0.2, 0) is 13.1 Å². The van der Waals surface area contributed by atoms with Crippen LogP contribution in [0.4, 0.5) is 0 Å². The van der Waals surface area contributed by atoms with Crippen LogP contribution in [0.15, 0.2) is 29.3 Å². The molecule has 2 fully saturated rings. The summed E-state index contributed by atoms with van der Waals surface area (Å²) in [5, 5.41) is 7.12. The van der Waals surface area contributed by atoms with Crippen LogP contribution in [0.3, 0.4) is 0 Å². The summed E-state index contributed by atoms with van der Waals surface area (Å²) in [5.74, 6) is 0.955. The van der Waals surface area contributed by atoms with Crippen LogP contribution in [0.5, 0.6) is 0 Å². The molecular formula is C23H39N5. The molecule has 2 N–H and O–H groups in total. The Kier molecular flexibility index (Phi) is 8.16. The van der Waals surface area contributed by atoms with Gasteiger partial charge in [-0.3, -0.25) is 4.90 Å². The predicted octanol–water partition coefficient (Wildman–Crippen LogP) is 3.21. The summed E-state index contributed by atoms with van der Waals surface area (Å²) >= 11 is 0. The van der Waals surface area contributed by atoms with Gasteiger partial charge in [0.1, 0.15) is 0 Å². The molecule has 1 aliphatic carbocycles. The van der Waals surface area contributed by atoms with Crippen molar-refractivity contribution in [1.82, 2.24) is 20.4 Å². The summed E-state index contributed by atoms with van der Waals surface area (Å²) < 4.78 is 0. The lowest BCUT2D eigenvalue weighted by molar-refractivity contribution is 0.242. The summed E-state index contributed by atoms with van der Waals surface area (Å²) in [7, 11) is 2.16. The molecule has 1 unspecified atom stereocenters. The second-order valence-corrected chi connectivity index (χ2v) is 8.41. The minimum Gasteiger partial charge on any atom is -0.357 e. The van der Waals surface area contributed by atoms with E-state index >= 15 is 0 Å². The first-order valence-corrected chi connectivity index (χ1v) is 11.2. The molecule has 1 saturated carbocycles. The highest BCUT2D eigenvalue weighted by Gasteiger charge is 2.30. The van der Waals surface area contributed by atoms with Crippen molar-refractivity contribution in [3.63, 3.8) is 0 Å². The first-order valence-electron chi connectivity index (χ1n) is 11.2. The molecule has 5 nitrogen and oxygen atoms in total. The van der Waals surface area contributed by atoms with Crippen LogP contribution in [0.1, 0.15) is 57.1 Å². The Labute approximate surface area is 171 Å². The van der Waals surface area contributed by atoms with Crippen LogP contribution >= 0.6 is 0 Å². The molecule has 5 heteroatoms. The fourth-order valence-corrected chi connectivity index (χ4v) is 4.44. The smallest absolute Gasteiger partial charge is 0.191 e. The van der Waals surface area contributed by atoms with Crippen LogP contribution < -0.4 is 10.6 Å². The Morgan fingerprint density at radius 2 is 1.96 bits per heavy atom. The van der Waals surface area contributed by atoms with E-state index in [4.69, 9.17) is 4.99 Å².